The van der Waals surface area contributed by atoms with E-state index in [1.54, 1.807) is 0 Å². The Labute approximate surface area is 100 Å². The molecule has 1 rings (SSSR count). The van der Waals surface area contributed by atoms with Crippen LogP contribution in [0.15, 0.2) is 15.3 Å². The van der Waals surface area contributed by atoms with E-state index < -0.39 is 0 Å². The molecule has 0 aliphatic heterocycles. The van der Waals surface area contributed by atoms with Crippen LogP contribution < -0.4 is 0 Å². The van der Waals surface area contributed by atoms with Gasteiger partial charge in [0.05, 0.1) is 11.5 Å². The van der Waals surface area contributed by atoms with Gasteiger partial charge in [-0.25, -0.2) is 0 Å². The zero-order chi connectivity index (χ0) is 10.8. The first kappa shape index (κ1) is 11.7. The van der Waals surface area contributed by atoms with Gasteiger partial charge in [0.1, 0.15) is 9.21 Å². The van der Waals surface area contributed by atoms with Gasteiger partial charge in [0, 0.05) is 12.6 Å². The lowest BCUT2D eigenvalue weighted by Gasteiger charge is -2.14. The summed E-state index contributed by atoms with van der Waals surface area (Å²) in [4.78, 5) is 0. The number of halogens is 2. The highest BCUT2D eigenvalue weighted by molar-refractivity contribution is 9.11. The van der Waals surface area contributed by atoms with E-state index in [-0.39, 0.29) is 5.41 Å². The molecule has 0 radical (unpaired) electrons. The maximum Gasteiger partial charge on any atom is 0.129 e. The number of nitrogens with zero attached hydrogens (tertiary/aromatic N) is 3. The molecule has 0 aliphatic carbocycles. The van der Waals surface area contributed by atoms with Crippen LogP contribution in [0.1, 0.15) is 20.3 Å². The zero-order valence-corrected chi connectivity index (χ0v) is 11.3. The molecule has 1 aromatic heterocycles. The third-order valence-corrected chi connectivity index (χ3v) is 2.98. The molecule has 1 heterocycles. The third-order valence-electron chi connectivity index (χ3n) is 1.95. The van der Waals surface area contributed by atoms with Gasteiger partial charge in [0.2, 0.25) is 0 Å². The lowest BCUT2D eigenvalue weighted by molar-refractivity contribution is 0.395. The van der Waals surface area contributed by atoms with E-state index in [4.69, 9.17) is 5.26 Å². The number of rotatable bonds is 3. The van der Waals surface area contributed by atoms with Gasteiger partial charge in [-0.2, -0.15) is 10.4 Å². The molecule has 76 valence electrons. The number of aryl methyl sites for hydroxylation is 1. The van der Waals surface area contributed by atoms with Gasteiger partial charge in [-0.15, -0.1) is 0 Å². The molecule has 0 atom stereocenters. The highest BCUT2D eigenvalue weighted by Crippen LogP contribution is 2.22. The normalized spacial score (nSPS) is 11.4. The predicted octanol–water partition coefficient (Wildman–Crippen LogP) is 3.35. The molecular weight excluding hydrogens is 310 g/mol. The van der Waals surface area contributed by atoms with Crippen molar-refractivity contribution in [1.29, 1.82) is 5.26 Å². The fraction of sp³-hybridized carbons (Fsp3) is 0.556. The van der Waals surface area contributed by atoms with E-state index in [1.807, 2.05) is 24.6 Å². The summed E-state index contributed by atoms with van der Waals surface area (Å²) in [6.07, 6.45) is 0.788. The number of aromatic nitrogens is 2. The Bertz CT molecular complexity index is 363. The number of nitriles is 1. The second kappa shape index (κ2) is 4.45. The molecule has 1 aromatic rings. The van der Waals surface area contributed by atoms with E-state index in [9.17, 15) is 0 Å². The molecule has 3 nitrogen and oxygen atoms in total. The van der Waals surface area contributed by atoms with Gasteiger partial charge in [-0.1, -0.05) is 0 Å². The van der Waals surface area contributed by atoms with Crippen LogP contribution in [0.4, 0.5) is 0 Å². The Kier molecular flexibility index (Phi) is 3.73. The van der Waals surface area contributed by atoms with Crippen molar-refractivity contribution in [3.63, 3.8) is 0 Å². The van der Waals surface area contributed by atoms with Crippen LogP contribution in [0.5, 0.6) is 0 Å². The standard InChI is InChI=1S/C9H11Br2N3/c1-9(2,6-12)3-4-14-8(11)5-7(10)13-14/h5H,3-4H2,1-2H3. The van der Waals surface area contributed by atoms with Gasteiger partial charge in [-0.05, 0) is 52.1 Å². The molecule has 0 spiro atoms. The van der Waals surface area contributed by atoms with Crippen molar-refractivity contribution in [2.24, 2.45) is 5.41 Å². The van der Waals surface area contributed by atoms with Gasteiger partial charge < -0.3 is 0 Å². The predicted molar refractivity (Wildman–Crippen MR) is 61.6 cm³/mol. The lowest BCUT2D eigenvalue weighted by atomic mass is 9.92. The topological polar surface area (TPSA) is 41.6 Å². The van der Waals surface area contributed by atoms with E-state index in [2.05, 4.69) is 43.0 Å². The monoisotopic (exact) mass is 319 g/mol. The molecule has 0 unspecified atom stereocenters. The van der Waals surface area contributed by atoms with Crippen LogP contribution in [0.25, 0.3) is 0 Å². The Morgan fingerprint density at radius 2 is 2.21 bits per heavy atom. The van der Waals surface area contributed by atoms with Crippen molar-refractivity contribution >= 4 is 31.9 Å². The van der Waals surface area contributed by atoms with Crippen molar-refractivity contribution in [2.45, 2.75) is 26.8 Å². The highest BCUT2D eigenvalue weighted by atomic mass is 79.9. The fourth-order valence-corrected chi connectivity index (χ4v) is 2.15. The minimum absolute atomic E-state index is 0.294. The van der Waals surface area contributed by atoms with Crippen molar-refractivity contribution in [1.82, 2.24) is 9.78 Å². The minimum Gasteiger partial charge on any atom is -0.257 e. The Morgan fingerprint density at radius 1 is 1.57 bits per heavy atom. The van der Waals surface area contributed by atoms with E-state index >= 15 is 0 Å². The fourth-order valence-electron chi connectivity index (χ4n) is 0.963. The first-order valence-corrected chi connectivity index (χ1v) is 5.83. The maximum atomic E-state index is 8.85. The second-order valence-corrected chi connectivity index (χ2v) is 5.38. The van der Waals surface area contributed by atoms with Gasteiger partial charge in [-0.3, -0.25) is 4.68 Å². The summed E-state index contributed by atoms with van der Waals surface area (Å²) in [5.41, 5.74) is -0.294. The lowest BCUT2D eigenvalue weighted by Crippen LogP contribution is -2.13. The first-order valence-electron chi connectivity index (χ1n) is 4.25. The molecule has 5 heteroatoms. The second-order valence-electron chi connectivity index (χ2n) is 3.76. The Balaban J connectivity index is 2.63. The van der Waals surface area contributed by atoms with E-state index in [0.717, 1.165) is 22.2 Å². The van der Waals surface area contributed by atoms with E-state index in [1.165, 1.54) is 0 Å². The third kappa shape index (κ3) is 3.10. The summed E-state index contributed by atoms with van der Waals surface area (Å²) >= 11 is 6.69. The van der Waals surface area contributed by atoms with Crippen LogP contribution >= 0.6 is 31.9 Å². The molecular formula is C9H11Br2N3. The zero-order valence-electron chi connectivity index (χ0n) is 8.09. The molecule has 0 aromatic carbocycles. The van der Waals surface area contributed by atoms with Crippen LogP contribution in [0, 0.1) is 16.7 Å². The number of hydrogen-bond acceptors (Lipinski definition) is 2. The number of hydrogen-bond donors (Lipinski definition) is 0. The van der Waals surface area contributed by atoms with Crippen LogP contribution in [0.3, 0.4) is 0 Å². The first-order chi connectivity index (χ1) is 6.44. The van der Waals surface area contributed by atoms with Gasteiger partial charge >= 0.3 is 0 Å². The van der Waals surface area contributed by atoms with Crippen molar-refractivity contribution in [3.05, 3.63) is 15.3 Å². The molecule has 0 N–H and O–H groups in total. The van der Waals surface area contributed by atoms with Crippen molar-refractivity contribution in [2.75, 3.05) is 0 Å². The van der Waals surface area contributed by atoms with Crippen molar-refractivity contribution < 1.29 is 0 Å². The maximum absolute atomic E-state index is 8.85. The van der Waals surface area contributed by atoms with Crippen LogP contribution in [0.2, 0.25) is 0 Å². The Morgan fingerprint density at radius 3 is 2.64 bits per heavy atom. The quantitative estimate of drug-likeness (QED) is 0.857. The smallest absolute Gasteiger partial charge is 0.129 e. The molecule has 0 fully saturated rings. The van der Waals surface area contributed by atoms with Crippen molar-refractivity contribution in [3.8, 4) is 6.07 Å². The summed E-state index contributed by atoms with van der Waals surface area (Å²) in [6, 6.07) is 4.16. The summed E-state index contributed by atoms with van der Waals surface area (Å²) in [7, 11) is 0. The van der Waals surface area contributed by atoms with Gasteiger partial charge in [0.15, 0.2) is 0 Å². The van der Waals surface area contributed by atoms with Crippen LogP contribution in [-0.2, 0) is 6.54 Å². The van der Waals surface area contributed by atoms with Crippen LogP contribution in [-0.4, -0.2) is 9.78 Å². The van der Waals surface area contributed by atoms with Gasteiger partial charge in [0.25, 0.3) is 0 Å². The Hall–Kier alpha value is -0.340. The molecule has 0 saturated carbocycles. The highest BCUT2D eigenvalue weighted by Gasteiger charge is 2.17. The molecule has 0 amide bonds. The van der Waals surface area contributed by atoms with E-state index in [0.29, 0.717) is 0 Å². The average molecular weight is 321 g/mol. The minimum atomic E-state index is -0.294. The molecule has 0 bridgehead atoms. The summed E-state index contributed by atoms with van der Waals surface area (Å²) in [5.74, 6) is 0. The molecule has 14 heavy (non-hydrogen) atoms. The summed E-state index contributed by atoms with van der Waals surface area (Å²) in [5, 5.41) is 13.1. The SMILES string of the molecule is CC(C)(C#N)CCn1nc(Br)cc1Br. The summed E-state index contributed by atoms with van der Waals surface area (Å²) < 4.78 is 3.57. The molecule has 0 saturated heterocycles. The summed E-state index contributed by atoms with van der Waals surface area (Å²) in [6.45, 7) is 4.60. The molecule has 0 aliphatic rings. The largest absolute Gasteiger partial charge is 0.257 e. The average Bonchev–Trinajstić information content (AvgIpc) is 2.42.